The van der Waals surface area contributed by atoms with Crippen molar-refractivity contribution < 1.29 is 27.1 Å². The van der Waals surface area contributed by atoms with Crippen LogP contribution in [0, 0.1) is 0 Å². The van der Waals surface area contributed by atoms with Gasteiger partial charge in [-0.15, -0.1) is 16.4 Å². The molecule has 3 aromatic rings. The van der Waals surface area contributed by atoms with Crippen LogP contribution in [0.2, 0.25) is 4.34 Å². The van der Waals surface area contributed by atoms with Gasteiger partial charge in [-0.2, -0.15) is 4.31 Å². The number of carbonyl (C=O) groups is 1. The minimum Gasteiger partial charge on any atom is -0.454 e. The zero-order chi connectivity index (χ0) is 21.6. The van der Waals surface area contributed by atoms with Crippen LogP contribution in [0.15, 0.2) is 39.0 Å². The number of sulfonamides is 1. The van der Waals surface area contributed by atoms with Gasteiger partial charge in [0.1, 0.15) is 10.3 Å². The van der Waals surface area contributed by atoms with Gasteiger partial charge in [0.05, 0.1) is 4.34 Å². The molecule has 31 heavy (non-hydrogen) atoms. The number of carbonyl (C=O) groups excluding carboxylic acids is 1. The van der Waals surface area contributed by atoms with E-state index in [1.165, 1.54) is 16.4 Å². The van der Waals surface area contributed by atoms with Gasteiger partial charge in [0, 0.05) is 12.1 Å². The SMILES string of the molecule is O=C(Nc1nnc(-c2ccc3c(c2)OCO3)o1)C1CCCN1S(=O)(=O)c1ccc(Cl)s1. The van der Waals surface area contributed by atoms with Gasteiger partial charge in [-0.3, -0.25) is 10.1 Å². The zero-order valence-corrected chi connectivity index (χ0v) is 18.2. The molecule has 0 aliphatic carbocycles. The smallest absolute Gasteiger partial charge is 0.322 e. The maximum atomic E-state index is 12.9. The second kappa shape index (κ2) is 7.79. The molecule has 4 heterocycles. The van der Waals surface area contributed by atoms with E-state index in [9.17, 15) is 13.2 Å². The molecule has 162 valence electrons. The van der Waals surface area contributed by atoms with E-state index < -0.39 is 22.0 Å². The molecular weight excluding hydrogens is 468 g/mol. The summed E-state index contributed by atoms with van der Waals surface area (Å²) in [6.07, 6.45) is 0.941. The highest BCUT2D eigenvalue weighted by Gasteiger charge is 2.40. The molecule has 1 aromatic carbocycles. The van der Waals surface area contributed by atoms with Crippen molar-refractivity contribution >= 4 is 44.9 Å². The van der Waals surface area contributed by atoms with Crippen LogP contribution < -0.4 is 14.8 Å². The highest BCUT2D eigenvalue weighted by molar-refractivity contribution is 7.91. The number of nitrogens with one attached hydrogen (secondary N) is 1. The highest BCUT2D eigenvalue weighted by Crippen LogP contribution is 2.36. The lowest BCUT2D eigenvalue weighted by molar-refractivity contribution is -0.119. The molecule has 0 spiro atoms. The molecule has 2 aliphatic rings. The van der Waals surface area contributed by atoms with E-state index in [1.54, 1.807) is 18.2 Å². The molecule has 10 nitrogen and oxygen atoms in total. The van der Waals surface area contributed by atoms with Crippen molar-refractivity contribution in [3.05, 3.63) is 34.7 Å². The van der Waals surface area contributed by atoms with Crippen LogP contribution in [0.3, 0.4) is 0 Å². The number of thiophene rings is 1. The van der Waals surface area contributed by atoms with Gasteiger partial charge in [0.25, 0.3) is 10.0 Å². The Morgan fingerprint density at radius 2 is 2.03 bits per heavy atom. The second-order valence-electron chi connectivity index (χ2n) is 6.80. The lowest BCUT2D eigenvalue weighted by Gasteiger charge is -2.21. The van der Waals surface area contributed by atoms with Crippen LogP contribution in [0.25, 0.3) is 11.5 Å². The van der Waals surface area contributed by atoms with Crippen LogP contribution in [-0.2, 0) is 14.8 Å². The van der Waals surface area contributed by atoms with E-state index >= 15 is 0 Å². The first-order chi connectivity index (χ1) is 14.9. The molecule has 1 saturated heterocycles. The van der Waals surface area contributed by atoms with Crippen molar-refractivity contribution in [2.75, 3.05) is 18.7 Å². The Hall–Kier alpha value is -2.67. The van der Waals surface area contributed by atoms with Gasteiger partial charge in [-0.05, 0) is 43.2 Å². The average Bonchev–Trinajstić information content (AvgIpc) is 3.52. The summed E-state index contributed by atoms with van der Waals surface area (Å²) in [6.45, 7) is 0.380. The molecule has 13 heteroatoms. The summed E-state index contributed by atoms with van der Waals surface area (Å²) < 4.78 is 43.6. The van der Waals surface area contributed by atoms with Gasteiger partial charge in [-0.1, -0.05) is 16.7 Å². The van der Waals surface area contributed by atoms with Crippen molar-refractivity contribution in [3.8, 4) is 23.0 Å². The summed E-state index contributed by atoms with van der Waals surface area (Å²) in [7, 11) is -3.83. The molecule has 2 aliphatic heterocycles. The number of ether oxygens (including phenoxy) is 2. The molecule has 0 radical (unpaired) electrons. The number of anilines is 1. The van der Waals surface area contributed by atoms with E-state index in [-0.39, 0.29) is 29.5 Å². The monoisotopic (exact) mass is 482 g/mol. The third-order valence-corrected chi connectivity index (χ3v) is 8.50. The fourth-order valence-electron chi connectivity index (χ4n) is 3.45. The van der Waals surface area contributed by atoms with Crippen LogP contribution >= 0.6 is 22.9 Å². The molecule has 2 aromatic heterocycles. The fourth-order valence-corrected chi connectivity index (χ4v) is 6.72. The van der Waals surface area contributed by atoms with Gasteiger partial charge >= 0.3 is 6.01 Å². The third-order valence-electron chi connectivity index (χ3n) is 4.89. The molecule has 5 rings (SSSR count). The Morgan fingerprint density at radius 1 is 1.19 bits per heavy atom. The summed E-state index contributed by atoms with van der Waals surface area (Å²) >= 11 is 6.83. The summed E-state index contributed by atoms with van der Waals surface area (Å²) in [6, 6.07) is 7.08. The van der Waals surface area contributed by atoms with Crippen molar-refractivity contribution in [1.82, 2.24) is 14.5 Å². The third kappa shape index (κ3) is 3.76. The van der Waals surface area contributed by atoms with Crippen molar-refractivity contribution in [3.63, 3.8) is 0 Å². The van der Waals surface area contributed by atoms with Gasteiger partial charge in [0.15, 0.2) is 11.5 Å². The molecule has 1 fully saturated rings. The van der Waals surface area contributed by atoms with Gasteiger partial charge in [-0.25, -0.2) is 8.42 Å². The number of amides is 1. The summed E-state index contributed by atoms with van der Waals surface area (Å²) in [5, 5.41) is 10.3. The van der Waals surface area contributed by atoms with E-state index in [0.717, 1.165) is 11.3 Å². The van der Waals surface area contributed by atoms with Crippen molar-refractivity contribution in [1.29, 1.82) is 0 Å². The van der Waals surface area contributed by atoms with E-state index in [0.29, 0.717) is 34.2 Å². The Balaban J connectivity index is 1.32. The number of nitrogens with zero attached hydrogens (tertiary/aromatic N) is 3. The van der Waals surface area contributed by atoms with E-state index in [1.807, 2.05) is 0 Å². The maximum absolute atomic E-state index is 12.9. The summed E-state index contributed by atoms with van der Waals surface area (Å²) in [5.41, 5.74) is 0.594. The molecular formula is C18H15ClN4O6S2. The first-order valence-electron chi connectivity index (χ1n) is 9.23. The maximum Gasteiger partial charge on any atom is 0.322 e. The molecule has 0 saturated carbocycles. The molecule has 1 amide bonds. The minimum atomic E-state index is -3.83. The van der Waals surface area contributed by atoms with Gasteiger partial charge < -0.3 is 13.9 Å². The van der Waals surface area contributed by atoms with Crippen molar-refractivity contribution in [2.24, 2.45) is 0 Å². The lowest BCUT2D eigenvalue weighted by atomic mass is 10.2. The lowest BCUT2D eigenvalue weighted by Crippen LogP contribution is -2.42. The number of halogens is 1. The fraction of sp³-hybridized carbons (Fsp3) is 0.278. The molecule has 1 atom stereocenters. The van der Waals surface area contributed by atoms with Gasteiger partial charge in [0.2, 0.25) is 18.6 Å². The first-order valence-corrected chi connectivity index (χ1v) is 11.9. The van der Waals surface area contributed by atoms with Crippen LogP contribution in [0.4, 0.5) is 6.01 Å². The van der Waals surface area contributed by atoms with E-state index in [4.69, 9.17) is 25.5 Å². The number of rotatable bonds is 5. The predicted molar refractivity (Wildman–Crippen MR) is 111 cm³/mol. The first kappa shape index (κ1) is 20.2. The van der Waals surface area contributed by atoms with Crippen molar-refractivity contribution in [2.45, 2.75) is 23.1 Å². The normalized spacial score (nSPS) is 18.4. The topological polar surface area (TPSA) is 124 Å². The zero-order valence-electron chi connectivity index (χ0n) is 15.8. The number of hydrogen-bond acceptors (Lipinski definition) is 9. The Labute approximate surface area is 185 Å². The number of hydrogen-bond donors (Lipinski definition) is 1. The molecule has 0 bridgehead atoms. The quantitative estimate of drug-likeness (QED) is 0.588. The number of fused-ring (bicyclic) bond motifs is 1. The summed E-state index contributed by atoms with van der Waals surface area (Å²) in [5.74, 6) is 0.815. The minimum absolute atomic E-state index is 0.0973. The summed E-state index contributed by atoms with van der Waals surface area (Å²) in [4.78, 5) is 12.8. The standard InChI is InChI=1S/C18H15ClN4O6S2/c19-14-5-6-15(30-14)31(25,26)23-7-1-2-11(23)16(24)20-18-22-21-17(29-18)10-3-4-12-13(8-10)28-9-27-12/h3-6,8,11H,1-2,7,9H2,(H,20,22,24). The predicted octanol–water partition coefficient (Wildman–Crippen LogP) is 2.97. The largest absolute Gasteiger partial charge is 0.454 e. The Bertz CT molecular complexity index is 1260. The number of aromatic nitrogens is 2. The highest BCUT2D eigenvalue weighted by atomic mass is 35.5. The van der Waals surface area contributed by atoms with Crippen LogP contribution in [0.1, 0.15) is 12.8 Å². The number of benzene rings is 1. The average molecular weight is 483 g/mol. The molecule has 1 unspecified atom stereocenters. The Morgan fingerprint density at radius 3 is 2.84 bits per heavy atom. The second-order valence-corrected chi connectivity index (χ2v) is 10.6. The van der Waals surface area contributed by atoms with Crippen LogP contribution in [-0.4, -0.2) is 48.2 Å². The Kier molecular flexibility index (Phi) is 5.08. The van der Waals surface area contributed by atoms with Crippen LogP contribution in [0.5, 0.6) is 11.5 Å². The molecule has 1 N–H and O–H groups in total. The van der Waals surface area contributed by atoms with E-state index in [2.05, 4.69) is 15.5 Å².